The fourth-order valence-electron chi connectivity index (χ4n) is 2.40. The number of benzene rings is 1. The maximum absolute atomic E-state index is 9.41. The van der Waals surface area contributed by atoms with Crippen molar-refractivity contribution < 1.29 is 15.1 Å². The molecule has 0 saturated heterocycles. The first-order valence-electron chi connectivity index (χ1n) is 5.81. The Morgan fingerprint density at radius 2 is 2.00 bits per heavy atom. The quantitative estimate of drug-likeness (QED) is 0.612. The van der Waals surface area contributed by atoms with Gasteiger partial charge in [-0.15, -0.1) is 0 Å². The van der Waals surface area contributed by atoms with Crippen LogP contribution in [0.4, 0.5) is 0 Å². The minimum Gasteiger partial charge on any atom is -0.508 e. The summed E-state index contributed by atoms with van der Waals surface area (Å²) in [5, 5.41) is 21.4. The molecule has 0 bridgehead atoms. The molecule has 0 unspecified atom stereocenters. The lowest BCUT2D eigenvalue weighted by Gasteiger charge is -2.24. The second-order valence-electron chi connectivity index (χ2n) is 4.37. The number of phenols is 1. The first-order chi connectivity index (χ1) is 8.24. The van der Waals surface area contributed by atoms with Gasteiger partial charge in [0.1, 0.15) is 11.5 Å². The standard InChI is InChI=1S/C13H17NO3/c1-17-13-8-11(15)6-7-12(13)9-2-4-10(14-16)5-3-9/h6-9,15-16H,2-5H2,1H3. The molecular formula is C13H17NO3. The van der Waals surface area contributed by atoms with E-state index in [0.29, 0.717) is 5.92 Å². The molecule has 0 heterocycles. The maximum atomic E-state index is 9.41. The van der Waals surface area contributed by atoms with E-state index < -0.39 is 0 Å². The van der Waals surface area contributed by atoms with E-state index in [2.05, 4.69) is 5.16 Å². The van der Waals surface area contributed by atoms with Crippen LogP contribution in [0, 0.1) is 0 Å². The van der Waals surface area contributed by atoms with Gasteiger partial charge in [0.2, 0.25) is 0 Å². The smallest absolute Gasteiger partial charge is 0.126 e. The lowest BCUT2D eigenvalue weighted by Crippen LogP contribution is -2.13. The van der Waals surface area contributed by atoms with Crippen molar-refractivity contribution in [3.05, 3.63) is 23.8 Å². The van der Waals surface area contributed by atoms with E-state index in [-0.39, 0.29) is 5.75 Å². The average Bonchev–Trinajstić information content (AvgIpc) is 2.39. The molecule has 4 heteroatoms. The van der Waals surface area contributed by atoms with E-state index in [0.717, 1.165) is 42.7 Å². The normalized spacial score (nSPS) is 20.1. The SMILES string of the molecule is COc1cc(O)ccc1C1CCC(=NO)CC1. The molecule has 17 heavy (non-hydrogen) atoms. The van der Waals surface area contributed by atoms with Gasteiger partial charge in [0.05, 0.1) is 12.8 Å². The van der Waals surface area contributed by atoms with Crippen LogP contribution in [0.2, 0.25) is 0 Å². The summed E-state index contributed by atoms with van der Waals surface area (Å²) in [5.41, 5.74) is 2.00. The number of phenolic OH excluding ortho intramolecular Hbond substituents is 1. The van der Waals surface area contributed by atoms with E-state index in [1.165, 1.54) is 0 Å². The number of hydrogen-bond acceptors (Lipinski definition) is 4. The molecule has 0 atom stereocenters. The summed E-state index contributed by atoms with van der Waals surface area (Å²) in [5.74, 6) is 1.37. The number of hydrogen-bond donors (Lipinski definition) is 2. The fourth-order valence-corrected chi connectivity index (χ4v) is 2.40. The second kappa shape index (κ2) is 5.08. The molecule has 0 radical (unpaired) electrons. The van der Waals surface area contributed by atoms with Gasteiger partial charge >= 0.3 is 0 Å². The molecular weight excluding hydrogens is 218 g/mol. The van der Waals surface area contributed by atoms with E-state index >= 15 is 0 Å². The maximum Gasteiger partial charge on any atom is 0.126 e. The van der Waals surface area contributed by atoms with Crippen LogP contribution in [0.25, 0.3) is 0 Å². The molecule has 2 rings (SSSR count). The zero-order valence-corrected chi connectivity index (χ0v) is 9.89. The van der Waals surface area contributed by atoms with Crippen LogP contribution in [-0.2, 0) is 0 Å². The third-order valence-corrected chi connectivity index (χ3v) is 3.36. The molecule has 1 aliphatic rings. The van der Waals surface area contributed by atoms with E-state index in [1.807, 2.05) is 6.07 Å². The molecule has 0 aromatic heterocycles. The Labute approximate surface area is 101 Å². The molecule has 1 saturated carbocycles. The van der Waals surface area contributed by atoms with Gasteiger partial charge in [-0.1, -0.05) is 11.2 Å². The molecule has 4 nitrogen and oxygen atoms in total. The second-order valence-corrected chi connectivity index (χ2v) is 4.37. The molecule has 1 fully saturated rings. The van der Waals surface area contributed by atoms with Gasteiger partial charge in [-0.2, -0.15) is 0 Å². The zero-order chi connectivity index (χ0) is 12.3. The number of aromatic hydroxyl groups is 1. The van der Waals surface area contributed by atoms with Crippen LogP contribution in [0.3, 0.4) is 0 Å². The first kappa shape index (κ1) is 11.8. The Bertz CT molecular complexity index is 419. The zero-order valence-electron chi connectivity index (χ0n) is 9.89. The molecule has 2 N–H and O–H groups in total. The summed E-state index contributed by atoms with van der Waals surface area (Å²) < 4.78 is 5.29. The van der Waals surface area contributed by atoms with Crippen LogP contribution < -0.4 is 4.74 Å². The number of oxime groups is 1. The lowest BCUT2D eigenvalue weighted by atomic mass is 9.83. The summed E-state index contributed by atoms with van der Waals surface area (Å²) in [6.45, 7) is 0. The van der Waals surface area contributed by atoms with Gasteiger partial charge in [0.25, 0.3) is 0 Å². The minimum atomic E-state index is 0.221. The Morgan fingerprint density at radius 1 is 1.29 bits per heavy atom. The monoisotopic (exact) mass is 235 g/mol. The summed E-state index contributed by atoms with van der Waals surface area (Å²) in [7, 11) is 1.61. The highest BCUT2D eigenvalue weighted by Gasteiger charge is 2.22. The highest BCUT2D eigenvalue weighted by Crippen LogP contribution is 2.38. The van der Waals surface area contributed by atoms with Crippen molar-refractivity contribution in [2.24, 2.45) is 5.16 Å². The van der Waals surface area contributed by atoms with Crippen molar-refractivity contribution in [3.8, 4) is 11.5 Å². The van der Waals surface area contributed by atoms with Gasteiger partial charge in [-0.3, -0.25) is 0 Å². The largest absolute Gasteiger partial charge is 0.508 e. The molecule has 1 aliphatic carbocycles. The Balaban J connectivity index is 2.18. The predicted molar refractivity (Wildman–Crippen MR) is 65.1 cm³/mol. The molecule has 1 aromatic rings. The number of ether oxygens (including phenoxy) is 1. The van der Waals surface area contributed by atoms with Gasteiger partial charge < -0.3 is 15.1 Å². The van der Waals surface area contributed by atoms with Crippen LogP contribution in [0.5, 0.6) is 11.5 Å². The molecule has 0 spiro atoms. The topological polar surface area (TPSA) is 62.0 Å². The van der Waals surface area contributed by atoms with Crippen molar-refractivity contribution in [2.45, 2.75) is 31.6 Å². The average molecular weight is 235 g/mol. The van der Waals surface area contributed by atoms with Crippen molar-refractivity contribution in [1.82, 2.24) is 0 Å². The molecule has 0 amide bonds. The van der Waals surface area contributed by atoms with Crippen molar-refractivity contribution >= 4 is 5.71 Å². The number of nitrogens with zero attached hydrogens (tertiary/aromatic N) is 1. The van der Waals surface area contributed by atoms with Crippen LogP contribution >= 0.6 is 0 Å². The van der Waals surface area contributed by atoms with Crippen LogP contribution in [0.15, 0.2) is 23.4 Å². The van der Waals surface area contributed by atoms with Crippen molar-refractivity contribution in [2.75, 3.05) is 7.11 Å². The van der Waals surface area contributed by atoms with Crippen LogP contribution in [0.1, 0.15) is 37.2 Å². The molecule has 92 valence electrons. The Kier molecular flexibility index (Phi) is 3.52. The van der Waals surface area contributed by atoms with Gasteiger partial charge in [0.15, 0.2) is 0 Å². The van der Waals surface area contributed by atoms with Gasteiger partial charge in [-0.25, -0.2) is 0 Å². The van der Waals surface area contributed by atoms with E-state index in [9.17, 15) is 5.11 Å². The summed E-state index contributed by atoms with van der Waals surface area (Å²) in [6, 6.07) is 5.25. The summed E-state index contributed by atoms with van der Waals surface area (Å²) >= 11 is 0. The fraction of sp³-hybridized carbons (Fsp3) is 0.462. The minimum absolute atomic E-state index is 0.221. The Morgan fingerprint density at radius 3 is 2.59 bits per heavy atom. The van der Waals surface area contributed by atoms with E-state index in [4.69, 9.17) is 9.94 Å². The molecule has 1 aromatic carbocycles. The highest BCUT2D eigenvalue weighted by molar-refractivity contribution is 5.84. The summed E-state index contributed by atoms with van der Waals surface area (Å²) in [6.07, 6.45) is 3.57. The van der Waals surface area contributed by atoms with Crippen molar-refractivity contribution in [1.29, 1.82) is 0 Å². The lowest BCUT2D eigenvalue weighted by molar-refractivity contribution is 0.313. The Hall–Kier alpha value is -1.71. The molecule has 0 aliphatic heterocycles. The number of rotatable bonds is 2. The van der Waals surface area contributed by atoms with E-state index in [1.54, 1.807) is 19.2 Å². The van der Waals surface area contributed by atoms with Gasteiger partial charge in [-0.05, 0) is 43.2 Å². The third kappa shape index (κ3) is 2.52. The third-order valence-electron chi connectivity index (χ3n) is 3.36. The summed E-state index contributed by atoms with van der Waals surface area (Å²) in [4.78, 5) is 0. The highest BCUT2D eigenvalue weighted by atomic mass is 16.5. The predicted octanol–water partition coefficient (Wildman–Crippen LogP) is 2.89. The number of methoxy groups -OCH3 is 1. The van der Waals surface area contributed by atoms with Crippen LogP contribution in [-0.4, -0.2) is 23.1 Å². The first-order valence-corrected chi connectivity index (χ1v) is 5.81. The van der Waals surface area contributed by atoms with Gasteiger partial charge in [0, 0.05) is 6.07 Å². The van der Waals surface area contributed by atoms with Crippen molar-refractivity contribution in [3.63, 3.8) is 0 Å².